The number of rotatable bonds is 11. The van der Waals surface area contributed by atoms with Gasteiger partial charge in [0, 0.05) is 55.1 Å². The summed E-state index contributed by atoms with van der Waals surface area (Å²) in [7, 11) is -7.66. The van der Waals surface area contributed by atoms with Crippen molar-refractivity contribution in [2.24, 2.45) is 11.3 Å². The number of sulfonamides is 2. The van der Waals surface area contributed by atoms with E-state index >= 15 is 0 Å². The van der Waals surface area contributed by atoms with Crippen LogP contribution in [0, 0.1) is 11.3 Å². The van der Waals surface area contributed by atoms with Gasteiger partial charge in [-0.2, -0.15) is 0 Å². The highest BCUT2D eigenvalue weighted by Crippen LogP contribution is 2.32. The molecule has 1 aromatic heterocycles. The summed E-state index contributed by atoms with van der Waals surface area (Å²) in [4.78, 5) is 39.5. The van der Waals surface area contributed by atoms with E-state index < -0.39 is 25.5 Å². The van der Waals surface area contributed by atoms with Crippen molar-refractivity contribution in [2.75, 3.05) is 44.3 Å². The van der Waals surface area contributed by atoms with Gasteiger partial charge in [-0.05, 0) is 97.8 Å². The predicted octanol–water partition coefficient (Wildman–Crippen LogP) is 7.53. The fraction of sp³-hybridized carbons (Fsp3) is 0.364. The van der Waals surface area contributed by atoms with Gasteiger partial charge in [-0.1, -0.05) is 41.5 Å². The maximum Gasteiger partial charge on any atom is 0.261 e. The molecule has 0 radical (unpaired) electrons. The predicted molar refractivity (Wildman–Crippen MR) is 244 cm³/mol. The number of anilines is 6. The number of aromatic nitrogens is 2. The fourth-order valence-corrected chi connectivity index (χ4v) is 8.57. The van der Waals surface area contributed by atoms with Gasteiger partial charge in [-0.15, -0.1) is 0 Å². The third kappa shape index (κ3) is 12.5. The van der Waals surface area contributed by atoms with Gasteiger partial charge in [0.15, 0.2) is 0 Å². The zero-order valence-electron chi connectivity index (χ0n) is 36.3. The van der Waals surface area contributed by atoms with Crippen LogP contribution >= 0.6 is 0 Å². The topological polar surface area (TPSA) is 233 Å². The molecule has 1 unspecified atom stereocenters. The van der Waals surface area contributed by atoms with Gasteiger partial charge >= 0.3 is 0 Å². The van der Waals surface area contributed by atoms with Crippen molar-refractivity contribution in [3.8, 4) is 0 Å². The summed E-state index contributed by atoms with van der Waals surface area (Å²) < 4.78 is 64.1. The van der Waals surface area contributed by atoms with Crippen molar-refractivity contribution in [1.82, 2.24) is 9.55 Å². The number of hydrogen-bond donors (Lipinski definition) is 6. The number of nitrogens with one attached hydrogen (secondary N) is 5. The number of nitrogens with two attached hydrogens (primary N) is 1. The molecule has 1 saturated heterocycles. The first-order valence-corrected chi connectivity index (χ1v) is 23.0. The fourth-order valence-electron chi connectivity index (χ4n) is 6.47. The Morgan fingerprint density at radius 2 is 1.23 bits per heavy atom. The van der Waals surface area contributed by atoms with E-state index in [2.05, 4.69) is 50.7 Å². The van der Waals surface area contributed by atoms with Crippen LogP contribution in [0.5, 0.6) is 0 Å². The second-order valence-electron chi connectivity index (χ2n) is 17.2. The Morgan fingerprint density at radius 3 is 1.69 bits per heavy atom. The monoisotopic (exact) mass is 888 g/mol. The number of nitrogens with zero attached hydrogens (tertiary/aromatic N) is 2. The minimum atomic E-state index is -3.86. The van der Waals surface area contributed by atoms with E-state index in [0.29, 0.717) is 34.4 Å². The first kappa shape index (κ1) is 47.1. The van der Waals surface area contributed by atoms with Crippen LogP contribution in [0.2, 0.25) is 0 Å². The van der Waals surface area contributed by atoms with Crippen molar-refractivity contribution >= 4 is 82.9 Å². The largest absolute Gasteiger partial charge is 0.397 e. The third-order valence-corrected chi connectivity index (χ3v) is 12.4. The van der Waals surface area contributed by atoms with Crippen molar-refractivity contribution in [1.29, 1.82) is 0 Å². The van der Waals surface area contributed by atoms with Crippen LogP contribution in [0.1, 0.15) is 74.1 Å². The van der Waals surface area contributed by atoms with E-state index in [-0.39, 0.29) is 38.6 Å². The Hall–Kier alpha value is -5.98. The summed E-state index contributed by atoms with van der Waals surface area (Å²) in [6, 6.07) is 21.8. The van der Waals surface area contributed by atoms with Gasteiger partial charge in [0.2, 0.25) is 17.7 Å². The summed E-state index contributed by atoms with van der Waals surface area (Å²) in [5.41, 5.74) is 9.21. The van der Waals surface area contributed by atoms with Crippen LogP contribution in [0.25, 0.3) is 11.0 Å². The Morgan fingerprint density at radius 1 is 0.726 bits per heavy atom. The molecule has 332 valence electrons. The Kier molecular flexibility index (Phi) is 14.4. The smallest absolute Gasteiger partial charge is 0.261 e. The second-order valence-corrected chi connectivity index (χ2v) is 20.6. The van der Waals surface area contributed by atoms with E-state index in [4.69, 9.17) is 15.5 Å². The lowest BCUT2D eigenvalue weighted by Crippen LogP contribution is -2.28. The highest BCUT2D eigenvalue weighted by molar-refractivity contribution is 7.93. The summed E-state index contributed by atoms with van der Waals surface area (Å²) in [6.07, 6.45) is 2.20. The molecule has 62 heavy (non-hydrogen) atoms. The molecule has 1 aliphatic heterocycles. The van der Waals surface area contributed by atoms with Crippen molar-refractivity contribution in [3.63, 3.8) is 0 Å². The van der Waals surface area contributed by atoms with Crippen LogP contribution in [-0.2, 0) is 51.1 Å². The molecule has 1 aliphatic rings. The number of carbonyl (C=O) groups is 3. The second kappa shape index (κ2) is 19.0. The molecule has 0 saturated carbocycles. The highest BCUT2D eigenvalue weighted by atomic mass is 32.2. The molecule has 5 aromatic rings. The van der Waals surface area contributed by atoms with Gasteiger partial charge in [0.1, 0.15) is 5.82 Å². The minimum absolute atomic E-state index is 0.0266. The third-order valence-electron chi connectivity index (χ3n) is 9.57. The van der Waals surface area contributed by atoms with Gasteiger partial charge in [0.05, 0.1) is 50.2 Å². The molecule has 3 amide bonds. The summed E-state index contributed by atoms with van der Waals surface area (Å²) in [6.45, 7) is 16.9. The van der Waals surface area contributed by atoms with E-state index in [9.17, 15) is 31.2 Å². The zero-order chi connectivity index (χ0) is 45.6. The molecular formula is C44H56N8O8S2. The number of benzene rings is 4. The average molecular weight is 889 g/mol. The average Bonchev–Trinajstić information content (AvgIpc) is 3.54. The van der Waals surface area contributed by atoms with Crippen molar-refractivity contribution in [2.45, 2.75) is 90.0 Å². The van der Waals surface area contributed by atoms with Crippen molar-refractivity contribution < 1.29 is 36.0 Å². The molecule has 0 aliphatic carbocycles. The number of ether oxygens (including phenoxy) is 1. The molecule has 6 rings (SSSR count). The molecule has 16 nitrogen and oxygen atoms in total. The van der Waals surface area contributed by atoms with Crippen molar-refractivity contribution in [3.05, 3.63) is 90.8 Å². The van der Waals surface area contributed by atoms with Gasteiger partial charge in [-0.3, -0.25) is 23.8 Å². The van der Waals surface area contributed by atoms with Crippen LogP contribution in [0.4, 0.5) is 34.1 Å². The Balaban J connectivity index is 0.000000239. The van der Waals surface area contributed by atoms with E-state index in [1.165, 1.54) is 68.4 Å². The molecular weight excluding hydrogens is 833 g/mol. The Bertz CT molecular complexity index is 2640. The number of carbonyl (C=O) groups excluding carboxylic acids is 3. The normalized spacial score (nSPS) is 14.5. The summed E-state index contributed by atoms with van der Waals surface area (Å²) in [5, 5.41) is 7.90. The number of nitrogen functional groups attached to an aromatic ring is 1. The summed E-state index contributed by atoms with van der Waals surface area (Å²) in [5.74, 6) is 0.702. The SMILES string of the molecule is CC(=O)Nc1ccc(S(=O)(=O)Nc2ccc(N)c(NC(=O)C(C)(C)C)c2)cc1.CC(=O)Nc1ccc(S(=O)(=O)Nc2ccc3c(c2)nc(C(C)(C)C)n3CC2CCCOC2)cc1. The quantitative estimate of drug-likeness (QED) is 0.0714. The minimum Gasteiger partial charge on any atom is -0.397 e. The highest BCUT2D eigenvalue weighted by Gasteiger charge is 2.27. The first-order valence-electron chi connectivity index (χ1n) is 20.0. The first-order chi connectivity index (χ1) is 28.9. The molecule has 2 heterocycles. The molecule has 4 aromatic carbocycles. The standard InChI is InChI=1S/C25H32N4O4S.C19H24N4O4S/c1-17(30)26-19-7-10-21(11-8-19)34(31,32)28-20-9-12-23-22(14-20)27-24(25(2,3)4)29(23)15-18-6-5-13-33-16-18;1-12(24)21-13-5-8-15(9-6-13)28(26,27)23-14-7-10-16(20)17(11-14)22-18(25)19(2,3)4/h7-12,14,18,28H,5-6,13,15-16H2,1-4H3,(H,26,30);5-11,23H,20H2,1-4H3,(H,21,24)(H,22,25). The van der Waals surface area contributed by atoms with Crippen LogP contribution in [-0.4, -0.2) is 57.3 Å². The van der Waals surface area contributed by atoms with E-state index in [1.807, 2.05) is 6.07 Å². The number of fused-ring (bicyclic) bond motifs is 1. The lowest BCUT2D eigenvalue weighted by atomic mass is 9.95. The van der Waals surface area contributed by atoms with Gasteiger partial charge < -0.3 is 31.0 Å². The maximum absolute atomic E-state index is 12.9. The van der Waals surface area contributed by atoms with Crippen LogP contribution in [0.15, 0.2) is 94.7 Å². The molecule has 0 bridgehead atoms. The molecule has 7 N–H and O–H groups in total. The molecule has 0 spiro atoms. The lowest BCUT2D eigenvalue weighted by molar-refractivity contribution is -0.123. The van der Waals surface area contributed by atoms with Crippen LogP contribution < -0.4 is 31.1 Å². The number of hydrogen-bond acceptors (Lipinski definition) is 10. The lowest BCUT2D eigenvalue weighted by Gasteiger charge is -2.26. The van der Waals surface area contributed by atoms with Gasteiger partial charge in [0.25, 0.3) is 20.0 Å². The number of imidazole rings is 1. The maximum atomic E-state index is 12.9. The van der Waals surface area contributed by atoms with Crippen LogP contribution in [0.3, 0.4) is 0 Å². The van der Waals surface area contributed by atoms with Gasteiger partial charge in [-0.25, -0.2) is 21.8 Å². The van der Waals surface area contributed by atoms with E-state index in [0.717, 1.165) is 49.5 Å². The van der Waals surface area contributed by atoms with E-state index in [1.54, 1.807) is 45.0 Å². The zero-order valence-corrected chi connectivity index (χ0v) is 37.9. The number of amides is 3. The molecule has 1 atom stereocenters. The molecule has 1 fully saturated rings. The summed E-state index contributed by atoms with van der Waals surface area (Å²) >= 11 is 0. The Labute approximate surface area is 363 Å². The molecule has 18 heteroatoms.